The molecular weight excluding hydrogens is 502 g/mol. The van der Waals surface area contributed by atoms with Crippen LogP contribution in [0.2, 0.25) is 0 Å². The number of nitrogens with zero attached hydrogens (tertiary/aromatic N) is 2. The maximum atomic E-state index is 12.9. The van der Waals surface area contributed by atoms with Crippen LogP contribution < -0.4 is 9.47 Å². The molecule has 0 spiro atoms. The van der Waals surface area contributed by atoms with Crippen LogP contribution in [0.3, 0.4) is 0 Å². The summed E-state index contributed by atoms with van der Waals surface area (Å²) in [7, 11) is 5.49. The molecule has 0 saturated heterocycles. The average molecular weight is 546 g/mol. The van der Waals surface area contributed by atoms with Crippen molar-refractivity contribution in [1.82, 2.24) is 14.9 Å². The van der Waals surface area contributed by atoms with Crippen molar-refractivity contribution in [2.75, 3.05) is 34.4 Å². The van der Waals surface area contributed by atoms with Crippen LogP contribution in [0.15, 0.2) is 48.5 Å². The van der Waals surface area contributed by atoms with E-state index >= 15 is 0 Å². The maximum absolute atomic E-state index is 12.9. The number of hydrogen-bond acceptors (Lipinski definition) is 6. The predicted molar refractivity (Wildman–Crippen MR) is 159 cm³/mol. The molecule has 2 bridgehead atoms. The zero-order valence-corrected chi connectivity index (χ0v) is 24.5. The van der Waals surface area contributed by atoms with Crippen LogP contribution >= 0.6 is 0 Å². The van der Waals surface area contributed by atoms with Gasteiger partial charge in [0.2, 0.25) is 0 Å². The lowest BCUT2D eigenvalue weighted by molar-refractivity contribution is -0.176. The fourth-order valence-electron chi connectivity index (χ4n) is 6.46. The van der Waals surface area contributed by atoms with Gasteiger partial charge in [-0.1, -0.05) is 50.3 Å². The van der Waals surface area contributed by atoms with Crippen molar-refractivity contribution < 1.29 is 19.0 Å². The molecule has 0 amide bonds. The minimum Gasteiger partial charge on any atom is -0.494 e. The number of H-pyrrole nitrogens is 1. The second-order valence-corrected chi connectivity index (χ2v) is 11.7. The number of nitrogens with one attached hydrogen (secondary N) is 1. The predicted octanol–water partition coefficient (Wildman–Crippen LogP) is 6.29. The number of imidazole rings is 1. The molecule has 7 heteroatoms. The topological polar surface area (TPSA) is 76.7 Å². The third kappa shape index (κ3) is 5.75. The molecule has 40 heavy (non-hydrogen) atoms. The Labute approximate surface area is 237 Å². The number of carbonyl (C=O) groups is 1. The summed E-state index contributed by atoms with van der Waals surface area (Å²) >= 11 is 0. The van der Waals surface area contributed by atoms with Crippen molar-refractivity contribution >= 4 is 22.6 Å². The van der Waals surface area contributed by atoms with Gasteiger partial charge in [-0.3, -0.25) is 4.79 Å². The third-order valence-corrected chi connectivity index (χ3v) is 8.73. The smallest absolute Gasteiger partial charge is 0.308 e. The van der Waals surface area contributed by atoms with E-state index in [1.54, 1.807) is 14.2 Å². The molecule has 1 N–H and O–H groups in total. The Morgan fingerprint density at radius 3 is 2.50 bits per heavy atom. The number of ether oxygens (including phenoxy) is 3. The van der Waals surface area contributed by atoms with E-state index in [2.05, 4.69) is 53.3 Å². The van der Waals surface area contributed by atoms with Crippen LogP contribution in [-0.2, 0) is 16.0 Å². The van der Waals surface area contributed by atoms with Crippen LogP contribution in [0, 0.1) is 17.8 Å². The largest absolute Gasteiger partial charge is 0.494 e. The number of aromatic amines is 1. The van der Waals surface area contributed by atoms with Gasteiger partial charge in [-0.05, 0) is 68.5 Å². The molecule has 2 aromatic carbocycles. The lowest BCUT2D eigenvalue weighted by Crippen LogP contribution is -2.51. The van der Waals surface area contributed by atoms with E-state index in [0.29, 0.717) is 5.92 Å². The fourth-order valence-corrected chi connectivity index (χ4v) is 6.46. The first-order valence-electron chi connectivity index (χ1n) is 14.6. The highest BCUT2D eigenvalue weighted by Gasteiger charge is 2.50. The fraction of sp³-hybridized carbons (Fsp3) is 0.515. The Kier molecular flexibility index (Phi) is 8.50. The summed E-state index contributed by atoms with van der Waals surface area (Å²) in [6, 6.07) is 14.5. The number of methoxy groups -OCH3 is 2. The molecule has 0 unspecified atom stereocenters. The van der Waals surface area contributed by atoms with E-state index in [1.165, 1.54) is 11.1 Å². The van der Waals surface area contributed by atoms with E-state index in [0.717, 1.165) is 80.0 Å². The molecule has 3 atom stereocenters. The number of aryl methyl sites for hydroxylation is 1. The van der Waals surface area contributed by atoms with E-state index < -0.39 is 5.60 Å². The first-order chi connectivity index (χ1) is 19.3. The van der Waals surface area contributed by atoms with Gasteiger partial charge in [0.05, 0.1) is 20.1 Å². The molecule has 0 radical (unpaired) electrons. The van der Waals surface area contributed by atoms with Crippen LogP contribution in [0.25, 0.3) is 16.6 Å². The third-order valence-electron chi connectivity index (χ3n) is 8.73. The number of hydrogen-bond donors (Lipinski definition) is 1. The SMILES string of the molecule is COc1ccc(OC)c2[nH]c(CCCN(C)CC[C@@]3(OC(=O)C(C)C)C[C@@H]4CC[C@H]3C=C4c3ccccc3)nc12. The zero-order chi connectivity index (χ0) is 28.3. The number of esters is 1. The molecule has 6 rings (SSSR count). The Bertz CT molecular complexity index is 1310. The Hall–Kier alpha value is -3.32. The second-order valence-electron chi connectivity index (χ2n) is 11.7. The normalized spacial score (nSPS) is 22.1. The van der Waals surface area contributed by atoms with Gasteiger partial charge in [0.15, 0.2) is 0 Å². The first kappa shape index (κ1) is 28.2. The molecule has 1 saturated carbocycles. The number of aromatic nitrogens is 2. The number of allylic oxidation sites excluding steroid dienone is 1. The molecule has 3 aliphatic rings. The summed E-state index contributed by atoms with van der Waals surface area (Å²) in [4.78, 5) is 23.5. The molecule has 1 fully saturated rings. The van der Waals surface area contributed by atoms with Crippen molar-refractivity contribution in [2.45, 2.75) is 58.0 Å². The van der Waals surface area contributed by atoms with Crippen LogP contribution in [0.5, 0.6) is 11.5 Å². The zero-order valence-electron chi connectivity index (χ0n) is 24.5. The summed E-state index contributed by atoms with van der Waals surface area (Å²) in [5.74, 6) is 2.90. The average Bonchev–Trinajstić information content (AvgIpc) is 3.40. The van der Waals surface area contributed by atoms with E-state index in [9.17, 15) is 4.79 Å². The molecule has 1 heterocycles. The van der Waals surface area contributed by atoms with Gasteiger partial charge in [-0.15, -0.1) is 0 Å². The van der Waals surface area contributed by atoms with Gasteiger partial charge in [-0.2, -0.15) is 0 Å². The van der Waals surface area contributed by atoms with Crippen molar-refractivity contribution in [1.29, 1.82) is 0 Å². The molecule has 214 valence electrons. The maximum Gasteiger partial charge on any atom is 0.308 e. The summed E-state index contributed by atoms with van der Waals surface area (Å²) < 4.78 is 17.4. The summed E-state index contributed by atoms with van der Waals surface area (Å²) in [6.45, 7) is 5.67. The van der Waals surface area contributed by atoms with E-state index in [4.69, 9.17) is 19.2 Å². The van der Waals surface area contributed by atoms with Gasteiger partial charge in [0.1, 0.15) is 34.0 Å². The Morgan fingerprint density at radius 2 is 1.82 bits per heavy atom. The summed E-state index contributed by atoms with van der Waals surface area (Å²) in [5, 5.41) is 0. The minimum atomic E-state index is -0.428. The molecule has 0 aliphatic heterocycles. The van der Waals surface area contributed by atoms with Gasteiger partial charge < -0.3 is 24.1 Å². The van der Waals surface area contributed by atoms with Crippen LogP contribution in [0.4, 0.5) is 0 Å². The summed E-state index contributed by atoms with van der Waals surface area (Å²) in [6.07, 6.45) is 8.21. The highest BCUT2D eigenvalue weighted by atomic mass is 16.6. The number of benzene rings is 2. The number of fused-ring (bicyclic) bond motifs is 3. The Morgan fingerprint density at radius 1 is 1.07 bits per heavy atom. The lowest BCUT2D eigenvalue weighted by Gasteiger charge is -2.50. The van der Waals surface area contributed by atoms with Crippen molar-refractivity contribution in [2.24, 2.45) is 17.8 Å². The molecule has 3 aliphatic carbocycles. The lowest BCUT2D eigenvalue weighted by atomic mass is 9.60. The minimum absolute atomic E-state index is 0.0828. The quantitative estimate of drug-likeness (QED) is 0.270. The highest BCUT2D eigenvalue weighted by molar-refractivity contribution is 5.87. The van der Waals surface area contributed by atoms with Crippen molar-refractivity contribution in [3.63, 3.8) is 0 Å². The second kappa shape index (κ2) is 12.0. The Balaban J connectivity index is 1.24. The van der Waals surface area contributed by atoms with E-state index in [1.807, 2.05) is 26.0 Å². The highest BCUT2D eigenvalue weighted by Crippen LogP contribution is 2.53. The monoisotopic (exact) mass is 545 g/mol. The van der Waals surface area contributed by atoms with Gasteiger partial charge >= 0.3 is 5.97 Å². The number of rotatable bonds is 12. The standard InChI is InChI=1S/C33H43N3O4/c1-22(2)32(37)40-33(21-24-13-14-25(33)20-26(24)23-10-7-6-8-11-23)17-19-36(3)18-9-12-29-34-30-27(38-4)15-16-28(39-5)31(30)35-29/h6-8,10-11,15-16,20,22,24-25H,9,12-14,17-19,21H2,1-5H3,(H,34,35)/t24-,25-,33+/m0/s1. The van der Waals surface area contributed by atoms with Gasteiger partial charge in [0.25, 0.3) is 0 Å². The molecular formula is C33H43N3O4. The van der Waals surface area contributed by atoms with Crippen molar-refractivity contribution in [3.05, 3.63) is 59.9 Å². The van der Waals surface area contributed by atoms with Crippen LogP contribution in [-0.4, -0.2) is 60.8 Å². The van der Waals surface area contributed by atoms with Crippen LogP contribution in [0.1, 0.15) is 57.3 Å². The molecule has 7 nitrogen and oxygen atoms in total. The molecule has 3 aromatic rings. The van der Waals surface area contributed by atoms with Gasteiger partial charge in [-0.25, -0.2) is 4.98 Å². The first-order valence-corrected chi connectivity index (χ1v) is 14.6. The van der Waals surface area contributed by atoms with E-state index in [-0.39, 0.29) is 17.8 Å². The summed E-state index contributed by atoms with van der Waals surface area (Å²) in [5.41, 5.74) is 3.98. The van der Waals surface area contributed by atoms with Crippen molar-refractivity contribution in [3.8, 4) is 11.5 Å². The number of carbonyl (C=O) groups excluding carboxylic acids is 1. The van der Waals surface area contributed by atoms with Gasteiger partial charge in [0, 0.05) is 25.3 Å². The molecule has 1 aromatic heterocycles.